The van der Waals surface area contributed by atoms with Crippen molar-refractivity contribution in [1.82, 2.24) is 0 Å². The third kappa shape index (κ3) is 2.59. The number of halogens is 2. The van der Waals surface area contributed by atoms with E-state index in [0.29, 0.717) is 23.6 Å². The van der Waals surface area contributed by atoms with Crippen LogP contribution in [-0.2, 0) is 16.4 Å². The van der Waals surface area contributed by atoms with E-state index in [0.717, 1.165) is 5.56 Å². The summed E-state index contributed by atoms with van der Waals surface area (Å²) >= 11 is 5.82. The summed E-state index contributed by atoms with van der Waals surface area (Å²) in [6, 6.07) is 10.1. The predicted molar refractivity (Wildman–Crippen MR) is 85.3 cm³/mol. The number of hydrogen-bond acceptors (Lipinski definition) is 2. The lowest BCUT2D eigenvalue weighted by atomic mass is 9.99. The van der Waals surface area contributed by atoms with Crippen molar-refractivity contribution in [3.05, 3.63) is 58.9 Å². The molecule has 3 rings (SSSR count). The zero-order chi connectivity index (χ0) is 15.9. The molecule has 0 saturated carbocycles. The highest BCUT2D eigenvalue weighted by molar-refractivity contribution is 7.92. The number of rotatable bonds is 2. The highest BCUT2D eigenvalue weighted by atomic mass is 35.5. The topological polar surface area (TPSA) is 37.4 Å². The molecule has 1 atom stereocenters. The fourth-order valence-electron chi connectivity index (χ4n) is 2.77. The van der Waals surface area contributed by atoms with Crippen molar-refractivity contribution in [2.45, 2.75) is 30.7 Å². The van der Waals surface area contributed by atoms with Crippen LogP contribution in [0.1, 0.15) is 18.9 Å². The van der Waals surface area contributed by atoms with E-state index in [1.54, 1.807) is 12.1 Å². The average molecular weight is 340 g/mol. The molecule has 3 nitrogen and oxygen atoms in total. The third-order valence-electron chi connectivity index (χ3n) is 3.88. The Morgan fingerprint density at radius 3 is 2.55 bits per heavy atom. The maximum Gasteiger partial charge on any atom is 0.264 e. The lowest BCUT2D eigenvalue weighted by Gasteiger charge is -2.36. The second-order valence-corrected chi connectivity index (χ2v) is 7.67. The van der Waals surface area contributed by atoms with Crippen molar-refractivity contribution in [2.75, 3.05) is 4.31 Å². The van der Waals surface area contributed by atoms with Gasteiger partial charge in [0.1, 0.15) is 5.82 Å². The molecule has 0 spiro atoms. The summed E-state index contributed by atoms with van der Waals surface area (Å²) in [5.74, 6) is -0.350. The van der Waals surface area contributed by atoms with Gasteiger partial charge in [0.25, 0.3) is 10.0 Å². The maximum absolute atomic E-state index is 13.4. The quantitative estimate of drug-likeness (QED) is 0.829. The molecule has 116 valence electrons. The molecule has 1 aliphatic heterocycles. The van der Waals surface area contributed by atoms with E-state index in [1.165, 1.54) is 34.6 Å². The van der Waals surface area contributed by atoms with Crippen LogP contribution < -0.4 is 4.31 Å². The van der Waals surface area contributed by atoms with Crippen molar-refractivity contribution in [3.63, 3.8) is 0 Å². The lowest BCUT2D eigenvalue weighted by molar-refractivity contribution is 0.560. The van der Waals surface area contributed by atoms with E-state index in [4.69, 9.17) is 11.6 Å². The Morgan fingerprint density at radius 2 is 1.86 bits per heavy atom. The molecule has 2 aromatic carbocycles. The van der Waals surface area contributed by atoms with E-state index >= 15 is 0 Å². The molecule has 2 aromatic rings. The van der Waals surface area contributed by atoms with Gasteiger partial charge < -0.3 is 0 Å². The van der Waals surface area contributed by atoms with Gasteiger partial charge in [0.2, 0.25) is 0 Å². The highest BCUT2D eigenvalue weighted by Crippen LogP contribution is 2.35. The summed E-state index contributed by atoms with van der Waals surface area (Å²) in [6.45, 7) is 1.86. The van der Waals surface area contributed by atoms with Gasteiger partial charge in [-0.2, -0.15) is 0 Å². The van der Waals surface area contributed by atoms with Gasteiger partial charge in [-0.15, -0.1) is 0 Å². The smallest absolute Gasteiger partial charge is 0.263 e. The van der Waals surface area contributed by atoms with Gasteiger partial charge in [0.15, 0.2) is 0 Å². The van der Waals surface area contributed by atoms with E-state index in [1.807, 2.05) is 6.92 Å². The molecule has 0 aliphatic carbocycles. The second kappa shape index (κ2) is 5.56. The first kappa shape index (κ1) is 15.3. The van der Waals surface area contributed by atoms with Gasteiger partial charge in [-0.25, -0.2) is 12.8 Å². The highest BCUT2D eigenvalue weighted by Gasteiger charge is 2.33. The predicted octanol–water partition coefficient (Wildman–Crippen LogP) is 4.01. The second-order valence-electron chi connectivity index (χ2n) is 5.42. The standard InChI is InChI=1S/C16H15ClFNO2S/c1-11-2-3-12-10-14(18)6-9-16(12)19(11)22(20,21)15-7-4-13(17)5-8-15/h4-11H,2-3H2,1H3/t11-/m0/s1. The van der Waals surface area contributed by atoms with Crippen LogP contribution in [0.4, 0.5) is 10.1 Å². The number of aryl methyl sites for hydroxylation is 1. The van der Waals surface area contributed by atoms with E-state index in [2.05, 4.69) is 0 Å². The summed E-state index contributed by atoms with van der Waals surface area (Å²) in [6.07, 6.45) is 1.32. The van der Waals surface area contributed by atoms with Crippen LogP contribution >= 0.6 is 11.6 Å². The fourth-order valence-corrected chi connectivity index (χ4v) is 4.62. The van der Waals surface area contributed by atoms with Gasteiger partial charge >= 0.3 is 0 Å². The van der Waals surface area contributed by atoms with E-state index in [-0.39, 0.29) is 16.8 Å². The van der Waals surface area contributed by atoms with Crippen molar-refractivity contribution < 1.29 is 12.8 Å². The molecule has 0 N–H and O–H groups in total. The first-order valence-corrected chi connectivity index (χ1v) is 8.80. The number of nitrogens with zero attached hydrogens (tertiary/aromatic N) is 1. The van der Waals surface area contributed by atoms with Crippen molar-refractivity contribution in [1.29, 1.82) is 0 Å². The first-order valence-electron chi connectivity index (χ1n) is 6.98. The molecule has 0 saturated heterocycles. The van der Waals surface area contributed by atoms with Gasteiger partial charge in [-0.1, -0.05) is 11.6 Å². The van der Waals surface area contributed by atoms with Crippen LogP contribution in [0.2, 0.25) is 5.02 Å². The van der Waals surface area contributed by atoms with Crippen LogP contribution in [0.5, 0.6) is 0 Å². The van der Waals surface area contributed by atoms with Crippen LogP contribution in [0.3, 0.4) is 0 Å². The Labute approximate surface area is 134 Å². The van der Waals surface area contributed by atoms with Crippen LogP contribution in [0.25, 0.3) is 0 Å². The molecular weight excluding hydrogens is 325 g/mol. The molecule has 0 bridgehead atoms. The molecule has 1 aliphatic rings. The number of anilines is 1. The molecule has 1 heterocycles. The van der Waals surface area contributed by atoms with Gasteiger partial charge in [-0.3, -0.25) is 4.31 Å². The summed E-state index contributed by atoms with van der Waals surface area (Å²) in [5, 5.41) is 0.480. The Bertz CT molecular complexity index is 805. The van der Waals surface area contributed by atoms with Gasteiger partial charge in [0.05, 0.1) is 10.6 Å². The third-order valence-corrected chi connectivity index (χ3v) is 6.08. The molecule has 0 fully saturated rings. The Kier molecular flexibility index (Phi) is 3.87. The van der Waals surface area contributed by atoms with Crippen molar-refractivity contribution in [2.24, 2.45) is 0 Å². The van der Waals surface area contributed by atoms with Crippen LogP contribution in [-0.4, -0.2) is 14.5 Å². The number of hydrogen-bond donors (Lipinski definition) is 0. The fraction of sp³-hybridized carbons (Fsp3) is 0.250. The molecule has 0 amide bonds. The Hall–Kier alpha value is -1.59. The average Bonchev–Trinajstić information content (AvgIpc) is 2.47. The largest absolute Gasteiger partial charge is 0.264 e. The minimum atomic E-state index is -3.70. The first-order chi connectivity index (χ1) is 10.4. The van der Waals surface area contributed by atoms with Gasteiger partial charge in [-0.05, 0) is 67.8 Å². The number of sulfonamides is 1. The monoisotopic (exact) mass is 339 g/mol. The minimum Gasteiger partial charge on any atom is -0.263 e. The Morgan fingerprint density at radius 1 is 1.18 bits per heavy atom. The lowest BCUT2D eigenvalue weighted by Crippen LogP contribution is -2.42. The summed E-state index contributed by atoms with van der Waals surface area (Å²) in [5.41, 5.74) is 1.27. The van der Waals surface area contributed by atoms with E-state index < -0.39 is 10.0 Å². The summed E-state index contributed by atoms with van der Waals surface area (Å²) in [4.78, 5) is 0.181. The minimum absolute atomic E-state index is 0.181. The number of fused-ring (bicyclic) bond motifs is 1. The maximum atomic E-state index is 13.4. The molecule has 0 radical (unpaired) electrons. The normalized spacial score (nSPS) is 18.1. The van der Waals surface area contributed by atoms with Crippen LogP contribution in [0, 0.1) is 5.82 Å². The zero-order valence-corrected chi connectivity index (χ0v) is 13.5. The number of benzene rings is 2. The zero-order valence-electron chi connectivity index (χ0n) is 12.0. The van der Waals surface area contributed by atoms with E-state index in [9.17, 15) is 12.8 Å². The Balaban J connectivity index is 2.12. The summed E-state index contributed by atoms with van der Waals surface area (Å²) in [7, 11) is -3.70. The summed E-state index contributed by atoms with van der Waals surface area (Å²) < 4.78 is 40.7. The van der Waals surface area contributed by atoms with Gasteiger partial charge in [0, 0.05) is 11.1 Å². The van der Waals surface area contributed by atoms with Crippen molar-refractivity contribution >= 4 is 27.3 Å². The molecule has 22 heavy (non-hydrogen) atoms. The van der Waals surface area contributed by atoms with Crippen LogP contribution in [0.15, 0.2) is 47.4 Å². The molecular formula is C16H15ClFNO2S. The molecule has 6 heteroatoms. The van der Waals surface area contributed by atoms with Crippen molar-refractivity contribution in [3.8, 4) is 0 Å². The SMILES string of the molecule is C[C@H]1CCc2cc(F)ccc2N1S(=O)(=O)c1ccc(Cl)cc1. The molecule has 0 aromatic heterocycles. The molecule has 0 unspecified atom stereocenters.